The summed E-state index contributed by atoms with van der Waals surface area (Å²) in [5.41, 5.74) is 0.0311. The third kappa shape index (κ3) is 2.62. The van der Waals surface area contributed by atoms with Crippen molar-refractivity contribution in [2.24, 2.45) is 5.41 Å². The Kier molecular flexibility index (Phi) is 1.89. The molecule has 1 aliphatic rings. The molecule has 11 heavy (non-hydrogen) atoms. The number of carbonyl (C=O) groups is 1. The number of ether oxygens (including phenoxy) is 2. The lowest BCUT2D eigenvalue weighted by Gasteiger charge is -2.11. The monoisotopic (exact) mass is 156 g/mol. The summed E-state index contributed by atoms with van der Waals surface area (Å²) in [7, 11) is 0. The fourth-order valence-corrected chi connectivity index (χ4v) is 0.850. The van der Waals surface area contributed by atoms with E-state index in [1.165, 1.54) is 0 Å². The van der Waals surface area contributed by atoms with E-state index in [4.69, 9.17) is 4.74 Å². The van der Waals surface area contributed by atoms with Crippen molar-refractivity contribution in [3.63, 3.8) is 0 Å². The van der Waals surface area contributed by atoms with Gasteiger partial charge in [0.15, 0.2) is 6.61 Å². The minimum absolute atomic E-state index is 0.0311. The molecule has 3 nitrogen and oxygen atoms in total. The molecule has 0 spiro atoms. The third-order valence-electron chi connectivity index (χ3n) is 1.14. The normalized spacial score (nSPS) is 21.7. The van der Waals surface area contributed by atoms with Gasteiger partial charge >= 0.3 is 6.16 Å². The van der Waals surface area contributed by atoms with Crippen LogP contribution in [-0.2, 0) is 9.47 Å². The predicted molar refractivity (Wildman–Crippen MR) is 40.0 cm³/mol. The van der Waals surface area contributed by atoms with Gasteiger partial charge in [-0.05, 0) is 11.5 Å². The van der Waals surface area contributed by atoms with Crippen LogP contribution in [0.4, 0.5) is 4.79 Å². The van der Waals surface area contributed by atoms with Crippen molar-refractivity contribution in [2.75, 3.05) is 6.61 Å². The minimum Gasteiger partial charge on any atom is -0.426 e. The molecule has 0 aromatic heterocycles. The van der Waals surface area contributed by atoms with Crippen molar-refractivity contribution < 1.29 is 14.3 Å². The van der Waals surface area contributed by atoms with Gasteiger partial charge in [0.1, 0.15) is 5.76 Å². The van der Waals surface area contributed by atoms with Gasteiger partial charge in [0, 0.05) is 0 Å². The van der Waals surface area contributed by atoms with Crippen molar-refractivity contribution in [3.05, 3.63) is 11.8 Å². The highest BCUT2D eigenvalue weighted by Gasteiger charge is 2.20. The van der Waals surface area contributed by atoms with Gasteiger partial charge < -0.3 is 9.47 Å². The van der Waals surface area contributed by atoms with Crippen molar-refractivity contribution in [1.82, 2.24) is 0 Å². The van der Waals surface area contributed by atoms with Gasteiger partial charge in [0.25, 0.3) is 0 Å². The van der Waals surface area contributed by atoms with E-state index < -0.39 is 6.16 Å². The topological polar surface area (TPSA) is 35.5 Å². The molecule has 0 unspecified atom stereocenters. The van der Waals surface area contributed by atoms with Crippen LogP contribution in [0.1, 0.15) is 20.8 Å². The van der Waals surface area contributed by atoms with Crippen LogP contribution >= 0.6 is 0 Å². The zero-order valence-corrected chi connectivity index (χ0v) is 7.01. The van der Waals surface area contributed by atoms with E-state index in [9.17, 15) is 4.79 Å². The van der Waals surface area contributed by atoms with Crippen LogP contribution in [-0.4, -0.2) is 12.8 Å². The summed E-state index contributed by atoms with van der Waals surface area (Å²) in [4.78, 5) is 10.5. The summed E-state index contributed by atoms with van der Waals surface area (Å²) in [5.74, 6) is 0.613. The molecule has 3 heteroatoms. The molecule has 1 aliphatic heterocycles. The highest BCUT2D eigenvalue weighted by molar-refractivity contribution is 5.64. The van der Waals surface area contributed by atoms with Crippen molar-refractivity contribution >= 4 is 6.16 Å². The molecule has 0 saturated carbocycles. The van der Waals surface area contributed by atoms with Gasteiger partial charge in [0.05, 0.1) is 0 Å². The number of cyclic esters (lactones) is 2. The van der Waals surface area contributed by atoms with Gasteiger partial charge in [-0.25, -0.2) is 4.79 Å². The standard InChI is InChI=1S/C8H12O3/c1-8(2,3)4-6-5-10-7(9)11-6/h4H,5H2,1-3H3/b6-4-. The highest BCUT2D eigenvalue weighted by atomic mass is 16.8. The molecule has 0 radical (unpaired) electrons. The Morgan fingerprint density at radius 3 is 2.45 bits per heavy atom. The zero-order chi connectivity index (χ0) is 8.48. The van der Waals surface area contributed by atoms with E-state index in [2.05, 4.69) is 4.74 Å². The molecule has 0 amide bonds. The molecule has 0 atom stereocenters. The van der Waals surface area contributed by atoms with Crippen LogP contribution in [0.2, 0.25) is 0 Å². The average Bonchev–Trinajstić information content (AvgIpc) is 2.10. The first-order valence-electron chi connectivity index (χ1n) is 3.54. The maximum absolute atomic E-state index is 10.5. The molecule has 1 saturated heterocycles. The van der Waals surface area contributed by atoms with Crippen LogP contribution in [0, 0.1) is 5.41 Å². The molecule has 0 aromatic carbocycles. The third-order valence-corrected chi connectivity index (χ3v) is 1.14. The summed E-state index contributed by atoms with van der Waals surface area (Å²) in [6, 6.07) is 0. The summed E-state index contributed by atoms with van der Waals surface area (Å²) < 4.78 is 9.32. The van der Waals surface area contributed by atoms with Crippen LogP contribution in [0.25, 0.3) is 0 Å². The fraction of sp³-hybridized carbons (Fsp3) is 0.625. The van der Waals surface area contributed by atoms with Gasteiger partial charge in [-0.15, -0.1) is 0 Å². The van der Waals surface area contributed by atoms with E-state index in [1.807, 2.05) is 26.8 Å². The Labute approximate surface area is 66.0 Å². The Morgan fingerprint density at radius 1 is 1.45 bits per heavy atom. The molecular formula is C8H12O3. The second-order valence-corrected chi connectivity index (χ2v) is 3.62. The smallest absolute Gasteiger partial charge is 0.426 e. The molecule has 0 N–H and O–H groups in total. The molecule has 0 aliphatic carbocycles. The summed E-state index contributed by atoms with van der Waals surface area (Å²) in [5, 5.41) is 0. The Balaban J connectivity index is 2.62. The Hall–Kier alpha value is -0.990. The second kappa shape index (κ2) is 2.57. The lowest BCUT2D eigenvalue weighted by Crippen LogP contribution is -2.02. The molecule has 1 fully saturated rings. The molecule has 1 heterocycles. The fourth-order valence-electron chi connectivity index (χ4n) is 0.850. The molecule has 62 valence electrons. The van der Waals surface area contributed by atoms with Crippen molar-refractivity contribution in [2.45, 2.75) is 20.8 Å². The maximum Gasteiger partial charge on any atom is 0.514 e. The summed E-state index contributed by atoms with van der Waals surface area (Å²) in [6.45, 7) is 6.38. The van der Waals surface area contributed by atoms with Gasteiger partial charge in [0.2, 0.25) is 0 Å². The molecule has 1 rings (SSSR count). The lowest BCUT2D eigenvalue weighted by molar-refractivity contribution is 0.136. The lowest BCUT2D eigenvalue weighted by atomic mass is 9.96. The van der Waals surface area contributed by atoms with Crippen LogP contribution in [0.15, 0.2) is 11.8 Å². The number of hydrogen-bond donors (Lipinski definition) is 0. The van der Waals surface area contributed by atoms with Crippen molar-refractivity contribution in [1.29, 1.82) is 0 Å². The first-order chi connectivity index (χ1) is 4.97. The largest absolute Gasteiger partial charge is 0.514 e. The van der Waals surface area contributed by atoms with Crippen LogP contribution in [0.5, 0.6) is 0 Å². The molecule has 0 bridgehead atoms. The quantitative estimate of drug-likeness (QED) is 0.504. The first kappa shape index (κ1) is 8.11. The summed E-state index contributed by atoms with van der Waals surface area (Å²) >= 11 is 0. The average molecular weight is 156 g/mol. The SMILES string of the molecule is CC(C)(C)/C=C1/COC(=O)O1. The van der Waals surface area contributed by atoms with E-state index in [0.29, 0.717) is 5.76 Å². The maximum atomic E-state index is 10.5. The van der Waals surface area contributed by atoms with Gasteiger partial charge in [-0.2, -0.15) is 0 Å². The minimum atomic E-state index is -0.597. The number of carbonyl (C=O) groups excluding carboxylic acids is 1. The van der Waals surface area contributed by atoms with E-state index in [-0.39, 0.29) is 12.0 Å². The van der Waals surface area contributed by atoms with E-state index >= 15 is 0 Å². The van der Waals surface area contributed by atoms with Crippen LogP contribution < -0.4 is 0 Å². The first-order valence-corrected chi connectivity index (χ1v) is 3.54. The van der Waals surface area contributed by atoms with Crippen molar-refractivity contribution in [3.8, 4) is 0 Å². The Morgan fingerprint density at radius 2 is 2.09 bits per heavy atom. The summed E-state index contributed by atoms with van der Waals surface area (Å²) in [6.07, 6.45) is 1.29. The molecule has 0 aromatic rings. The van der Waals surface area contributed by atoms with Gasteiger partial charge in [-0.1, -0.05) is 20.8 Å². The highest BCUT2D eigenvalue weighted by Crippen LogP contribution is 2.21. The van der Waals surface area contributed by atoms with E-state index in [0.717, 1.165) is 0 Å². The number of rotatable bonds is 0. The van der Waals surface area contributed by atoms with E-state index in [1.54, 1.807) is 0 Å². The number of allylic oxidation sites excluding steroid dienone is 1. The zero-order valence-electron chi connectivity index (χ0n) is 7.01. The Bertz CT molecular complexity index is 198. The van der Waals surface area contributed by atoms with Crippen LogP contribution in [0.3, 0.4) is 0 Å². The molecular weight excluding hydrogens is 144 g/mol. The van der Waals surface area contributed by atoms with Gasteiger partial charge in [-0.3, -0.25) is 0 Å². The second-order valence-electron chi connectivity index (χ2n) is 3.62. The predicted octanol–water partition coefficient (Wildman–Crippen LogP) is 2.08. The number of hydrogen-bond acceptors (Lipinski definition) is 3.